The molecule has 0 saturated carbocycles. The molecule has 2 aromatic rings. The second-order valence-corrected chi connectivity index (χ2v) is 4.79. The third kappa shape index (κ3) is 3.04. The highest BCUT2D eigenvalue weighted by Gasteiger charge is 2.13. The number of aromatic nitrogens is 2. The van der Waals surface area contributed by atoms with Crippen LogP contribution >= 0.6 is 0 Å². The molecule has 0 unspecified atom stereocenters. The van der Waals surface area contributed by atoms with Gasteiger partial charge in [0, 0.05) is 25.4 Å². The lowest BCUT2D eigenvalue weighted by atomic mass is 10.1. The zero-order chi connectivity index (χ0) is 14.7. The van der Waals surface area contributed by atoms with Gasteiger partial charge < -0.3 is 5.32 Å². The summed E-state index contributed by atoms with van der Waals surface area (Å²) in [7, 11) is 1.84. The molecule has 0 atom stereocenters. The van der Waals surface area contributed by atoms with Gasteiger partial charge in [-0.25, -0.2) is 4.39 Å². The molecule has 1 amide bonds. The fraction of sp³-hybridized carbons (Fsp3) is 0.333. The molecule has 0 bridgehead atoms. The molecule has 1 heterocycles. The molecule has 106 valence electrons. The van der Waals surface area contributed by atoms with Gasteiger partial charge >= 0.3 is 0 Å². The van der Waals surface area contributed by atoms with E-state index in [0.29, 0.717) is 6.54 Å². The topological polar surface area (TPSA) is 46.9 Å². The van der Waals surface area contributed by atoms with Crippen LogP contribution in [0.5, 0.6) is 0 Å². The minimum absolute atomic E-state index is 0.0672. The van der Waals surface area contributed by atoms with Gasteiger partial charge in [-0.2, -0.15) is 5.10 Å². The zero-order valence-corrected chi connectivity index (χ0v) is 11.9. The summed E-state index contributed by atoms with van der Waals surface area (Å²) in [6, 6.07) is 4.58. The van der Waals surface area contributed by atoms with E-state index in [4.69, 9.17) is 0 Å². The van der Waals surface area contributed by atoms with Crippen molar-refractivity contribution in [2.24, 2.45) is 7.05 Å². The maximum Gasteiger partial charge on any atom is 0.254 e. The molecule has 0 spiro atoms. The number of carbonyl (C=O) groups is 1. The summed E-state index contributed by atoms with van der Waals surface area (Å²) >= 11 is 0. The van der Waals surface area contributed by atoms with Gasteiger partial charge in [-0.1, -0.05) is 13.0 Å². The van der Waals surface area contributed by atoms with E-state index in [1.807, 2.05) is 20.2 Å². The Morgan fingerprint density at radius 2 is 2.20 bits per heavy atom. The second-order valence-electron chi connectivity index (χ2n) is 4.79. The van der Waals surface area contributed by atoms with Gasteiger partial charge in [0.2, 0.25) is 0 Å². The number of hydrogen-bond acceptors (Lipinski definition) is 2. The molecule has 0 aliphatic rings. The van der Waals surface area contributed by atoms with Crippen LogP contribution < -0.4 is 5.32 Å². The molecule has 0 fully saturated rings. The van der Waals surface area contributed by atoms with Gasteiger partial charge in [-0.05, 0) is 31.0 Å². The third-order valence-corrected chi connectivity index (χ3v) is 3.14. The van der Waals surface area contributed by atoms with Crippen molar-refractivity contribution in [3.05, 3.63) is 52.6 Å². The SMILES string of the molecule is CCc1nn(C)cc1CNC(=O)c1ccc(C)cc1F. The summed E-state index contributed by atoms with van der Waals surface area (Å²) in [4.78, 5) is 12.0. The van der Waals surface area contributed by atoms with Crippen LogP contribution in [0.2, 0.25) is 0 Å². The first-order valence-electron chi connectivity index (χ1n) is 6.57. The van der Waals surface area contributed by atoms with E-state index < -0.39 is 11.7 Å². The molecule has 0 aliphatic carbocycles. The lowest BCUT2D eigenvalue weighted by Gasteiger charge is -2.06. The predicted octanol–water partition coefficient (Wildman–Crippen LogP) is 2.36. The Balaban J connectivity index is 2.08. The molecule has 20 heavy (non-hydrogen) atoms. The number of nitrogens with one attached hydrogen (secondary N) is 1. The smallest absolute Gasteiger partial charge is 0.254 e. The van der Waals surface area contributed by atoms with E-state index in [-0.39, 0.29) is 5.56 Å². The van der Waals surface area contributed by atoms with Crippen LogP contribution in [0.1, 0.15) is 34.1 Å². The highest BCUT2D eigenvalue weighted by atomic mass is 19.1. The molecule has 0 radical (unpaired) electrons. The summed E-state index contributed by atoms with van der Waals surface area (Å²) in [5.74, 6) is -0.905. The molecule has 1 N–H and O–H groups in total. The van der Waals surface area contributed by atoms with Crippen molar-refractivity contribution in [1.29, 1.82) is 0 Å². The lowest BCUT2D eigenvalue weighted by molar-refractivity contribution is 0.0947. The Kier molecular flexibility index (Phi) is 4.17. The molecule has 1 aromatic heterocycles. The van der Waals surface area contributed by atoms with Crippen LogP contribution in [0, 0.1) is 12.7 Å². The van der Waals surface area contributed by atoms with Gasteiger partial charge in [0.05, 0.1) is 11.3 Å². The number of hydrogen-bond donors (Lipinski definition) is 1. The second kappa shape index (κ2) is 5.86. The fourth-order valence-corrected chi connectivity index (χ4v) is 2.10. The summed E-state index contributed by atoms with van der Waals surface area (Å²) < 4.78 is 15.4. The van der Waals surface area contributed by atoms with E-state index in [0.717, 1.165) is 23.2 Å². The Morgan fingerprint density at radius 3 is 2.85 bits per heavy atom. The predicted molar refractivity (Wildman–Crippen MR) is 74.9 cm³/mol. The largest absolute Gasteiger partial charge is 0.348 e. The molecule has 2 rings (SSSR count). The first-order valence-corrected chi connectivity index (χ1v) is 6.57. The normalized spacial score (nSPS) is 10.6. The molecule has 4 nitrogen and oxygen atoms in total. The maximum atomic E-state index is 13.7. The standard InChI is InChI=1S/C15H18FN3O/c1-4-14-11(9-19(3)18-14)8-17-15(20)12-6-5-10(2)7-13(12)16/h5-7,9H,4,8H2,1-3H3,(H,17,20). The lowest BCUT2D eigenvalue weighted by Crippen LogP contribution is -2.24. The van der Waals surface area contributed by atoms with Crippen LogP contribution in [0.25, 0.3) is 0 Å². The van der Waals surface area contributed by atoms with E-state index >= 15 is 0 Å². The van der Waals surface area contributed by atoms with Crippen LogP contribution in [-0.2, 0) is 20.0 Å². The van der Waals surface area contributed by atoms with Crippen molar-refractivity contribution in [1.82, 2.24) is 15.1 Å². The van der Waals surface area contributed by atoms with E-state index in [1.165, 1.54) is 12.1 Å². The van der Waals surface area contributed by atoms with Crippen LogP contribution in [0.3, 0.4) is 0 Å². The minimum atomic E-state index is -0.496. The third-order valence-electron chi connectivity index (χ3n) is 3.14. The first kappa shape index (κ1) is 14.2. The monoisotopic (exact) mass is 275 g/mol. The van der Waals surface area contributed by atoms with Crippen molar-refractivity contribution in [3.63, 3.8) is 0 Å². The summed E-state index contributed by atoms with van der Waals surface area (Å²) in [5.41, 5.74) is 2.75. The average Bonchev–Trinajstić information content (AvgIpc) is 2.76. The van der Waals surface area contributed by atoms with Gasteiger partial charge in [0.25, 0.3) is 5.91 Å². The van der Waals surface area contributed by atoms with Crippen LogP contribution in [-0.4, -0.2) is 15.7 Å². The number of nitrogens with zero attached hydrogens (tertiary/aromatic N) is 2. The molecular weight excluding hydrogens is 257 g/mol. The number of benzene rings is 1. The summed E-state index contributed by atoms with van der Waals surface area (Å²) in [5, 5.41) is 7.03. The summed E-state index contributed by atoms with van der Waals surface area (Å²) in [6.45, 7) is 4.14. The van der Waals surface area contributed by atoms with Crippen molar-refractivity contribution in [2.45, 2.75) is 26.8 Å². The molecular formula is C15H18FN3O. The highest BCUT2D eigenvalue weighted by molar-refractivity contribution is 5.94. The van der Waals surface area contributed by atoms with Crippen molar-refractivity contribution >= 4 is 5.91 Å². The quantitative estimate of drug-likeness (QED) is 0.931. The zero-order valence-electron chi connectivity index (χ0n) is 11.9. The van der Waals surface area contributed by atoms with Gasteiger partial charge in [0.15, 0.2) is 0 Å². The van der Waals surface area contributed by atoms with Crippen molar-refractivity contribution in [2.75, 3.05) is 0 Å². The summed E-state index contributed by atoms with van der Waals surface area (Å²) in [6.07, 6.45) is 2.66. The fourth-order valence-electron chi connectivity index (χ4n) is 2.10. The number of halogens is 1. The first-order chi connectivity index (χ1) is 9.51. The van der Waals surface area contributed by atoms with Crippen LogP contribution in [0.15, 0.2) is 24.4 Å². The van der Waals surface area contributed by atoms with E-state index in [9.17, 15) is 9.18 Å². The number of amides is 1. The van der Waals surface area contributed by atoms with E-state index in [2.05, 4.69) is 10.4 Å². The van der Waals surface area contributed by atoms with E-state index in [1.54, 1.807) is 17.7 Å². The Hall–Kier alpha value is -2.17. The number of aryl methyl sites for hydroxylation is 3. The Morgan fingerprint density at radius 1 is 1.45 bits per heavy atom. The van der Waals surface area contributed by atoms with Gasteiger partial charge in [-0.3, -0.25) is 9.48 Å². The number of carbonyl (C=O) groups excluding carboxylic acids is 1. The Labute approximate surface area is 117 Å². The molecule has 1 aromatic carbocycles. The van der Waals surface area contributed by atoms with Crippen LogP contribution in [0.4, 0.5) is 4.39 Å². The van der Waals surface area contributed by atoms with Gasteiger partial charge in [-0.15, -0.1) is 0 Å². The number of rotatable bonds is 4. The van der Waals surface area contributed by atoms with Gasteiger partial charge in [0.1, 0.15) is 5.82 Å². The molecule has 0 aliphatic heterocycles. The Bertz CT molecular complexity index is 634. The molecule has 0 saturated heterocycles. The van der Waals surface area contributed by atoms with Crippen molar-refractivity contribution < 1.29 is 9.18 Å². The molecule has 5 heteroatoms. The highest BCUT2D eigenvalue weighted by Crippen LogP contribution is 2.11. The minimum Gasteiger partial charge on any atom is -0.348 e. The van der Waals surface area contributed by atoms with Crippen molar-refractivity contribution in [3.8, 4) is 0 Å². The maximum absolute atomic E-state index is 13.7. The average molecular weight is 275 g/mol.